The van der Waals surface area contributed by atoms with Gasteiger partial charge >= 0.3 is 0 Å². The number of terminal acetylenes is 1. The van der Waals surface area contributed by atoms with E-state index in [9.17, 15) is 9.59 Å². The van der Waals surface area contributed by atoms with Crippen molar-refractivity contribution in [3.8, 4) is 12.3 Å². The van der Waals surface area contributed by atoms with Crippen LogP contribution in [0.15, 0.2) is 0 Å². The van der Waals surface area contributed by atoms with Gasteiger partial charge in [0.1, 0.15) is 0 Å². The summed E-state index contributed by atoms with van der Waals surface area (Å²) in [6, 6.07) is -0.0764. The van der Waals surface area contributed by atoms with E-state index in [-0.39, 0.29) is 17.9 Å². The summed E-state index contributed by atoms with van der Waals surface area (Å²) < 4.78 is 0. The average molecular weight is 193 g/mol. The molecule has 1 unspecified atom stereocenters. The molecule has 0 bridgehead atoms. The number of imide groups is 1. The molecule has 76 valence electrons. The van der Waals surface area contributed by atoms with E-state index in [0.717, 1.165) is 12.8 Å². The van der Waals surface area contributed by atoms with Gasteiger partial charge < -0.3 is 0 Å². The smallest absolute Gasteiger partial charge is 0.229 e. The predicted octanol–water partition coefficient (Wildman–Crippen LogP) is 1.33. The Kier molecular flexibility index (Phi) is 3.70. The van der Waals surface area contributed by atoms with E-state index in [2.05, 4.69) is 5.92 Å². The second-order valence-corrected chi connectivity index (χ2v) is 3.51. The van der Waals surface area contributed by atoms with Crippen LogP contribution in [0.3, 0.4) is 0 Å². The zero-order valence-electron chi connectivity index (χ0n) is 8.45. The maximum absolute atomic E-state index is 11.4. The zero-order valence-corrected chi connectivity index (χ0v) is 8.45. The standard InChI is InChI=1S/C11H15NO2/c1-3-5-9(6-4-2)12-10(13)7-8-11(12)14/h1,9H,4-8H2,2H3. The summed E-state index contributed by atoms with van der Waals surface area (Å²) in [4.78, 5) is 24.2. The van der Waals surface area contributed by atoms with Crippen molar-refractivity contribution in [2.45, 2.75) is 45.1 Å². The average Bonchev–Trinajstić information content (AvgIpc) is 2.46. The van der Waals surface area contributed by atoms with Gasteiger partial charge in [0.25, 0.3) is 0 Å². The Bertz CT molecular complexity index is 262. The molecule has 14 heavy (non-hydrogen) atoms. The SMILES string of the molecule is C#CCC(CCC)N1C(=O)CCC1=O. The summed E-state index contributed by atoms with van der Waals surface area (Å²) >= 11 is 0. The molecule has 3 heteroatoms. The minimum atomic E-state index is -0.0764. The number of carbonyl (C=O) groups is 2. The molecule has 2 amide bonds. The molecule has 1 fully saturated rings. The van der Waals surface area contributed by atoms with Crippen LogP contribution in [-0.2, 0) is 9.59 Å². The number of hydrogen-bond acceptors (Lipinski definition) is 2. The van der Waals surface area contributed by atoms with Crippen molar-refractivity contribution < 1.29 is 9.59 Å². The molecule has 0 aromatic carbocycles. The van der Waals surface area contributed by atoms with Gasteiger partial charge in [0.2, 0.25) is 11.8 Å². The summed E-state index contributed by atoms with van der Waals surface area (Å²) in [6.07, 6.45) is 8.14. The number of carbonyl (C=O) groups excluding carboxylic acids is 2. The lowest BCUT2D eigenvalue weighted by Gasteiger charge is -2.23. The Morgan fingerprint density at radius 3 is 2.43 bits per heavy atom. The van der Waals surface area contributed by atoms with Gasteiger partial charge in [-0.1, -0.05) is 13.3 Å². The van der Waals surface area contributed by atoms with Crippen LogP contribution in [0, 0.1) is 12.3 Å². The number of nitrogens with zero attached hydrogens (tertiary/aromatic N) is 1. The molecule has 0 aromatic heterocycles. The van der Waals surface area contributed by atoms with Crippen molar-refractivity contribution in [3.63, 3.8) is 0 Å². The molecule has 0 spiro atoms. The predicted molar refractivity (Wildman–Crippen MR) is 53.2 cm³/mol. The Hall–Kier alpha value is -1.30. The van der Waals surface area contributed by atoms with Crippen LogP contribution >= 0.6 is 0 Å². The van der Waals surface area contributed by atoms with Gasteiger partial charge in [0.05, 0.1) is 6.04 Å². The maximum Gasteiger partial charge on any atom is 0.229 e. The summed E-state index contributed by atoms with van der Waals surface area (Å²) in [6.45, 7) is 2.02. The molecule has 0 radical (unpaired) electrons. The molecule has 0 aliphatic carbocycles. The molecule has 0 N–H and O–H groups in total. The van der Waals surface area contributed by atoms with E-state index in [1.54, 1.807) is 0 Å². The van der Waals surface area contributed by atoms with Crippen LogP contribution in [0.25, 0.3) is 0 Å². The topological polar surface area (TPSA) is 37.4 Å². The van der Waals surface area contributed by atoms with E-state index in [4.69, 9.17) is 6.42 Å². The molecule has 1 aliphatic rings. The fraction of sp³-hybridized carbons (Fsp3) is 0.636. The summed E-state index contributed by atoms with van der Waals surface area (Å²) in [5, 5.41) is 0. The number of likely N-dealkylation sites (tertiary alicyclic amines) is 1. The van der Waals surface area contributed by atoms with Gasteiger partial charge in [0.15, 0.2) is 0 Å². The van der Waals surface area contributed by atoms with Gasteiger partial charge in [-0.3, -0.25) is 14.5 Å². The van der Waals surface area contributed by atoms with Crippen molar-refractivity contribution >= 4 is 11.8 Å². The minimum absolute atomic E-state index is 0.0660. The molecule has 1 atom stereocenters. The number of hydrogen-bond donors (Lipinski definition) is 0. The van der Waals surface area contributed by atoms with Crippen molar-refractivity contribution in [1.82, 2.24) is 4.90 Å². The Balaban J connectivity index is 2.71. The Labute approximate surface area is 84.5 Å². The van der Waals surface area contributed by atoms with Gasteiger partial charge in [-0.15, -0.1) is 12.3 Å². The minimum Gasteiger partial charge on any atom is -0.279 e. The van der Waals surface area contributed by atoms with Crippen LogP contribution in [0.4, 0.5) is 0 Å². The van der Waals surface area contributed by atoms with Crippen molar-refractivity contribution in [1.29, 1.82) is 0 Å². The number of rotatable bonds is 4. The highest BCUT2D eigenvalue weighted by molar-refractivity contribution is 6.02. The molecule has 0 aromatic rings. The lowest BCUT2D eigenvalue weighted by atomic mass is 10.1. The van der Waals surface area contributed by atoms with E-state index in [1.165, 1.54) is 4.90 Å². The van der Waals surface area contributed by atoms with Gasteiger partial charge in [-0.2, -0.15) is 0 Å². The largest absolute Gasteiger partial charge is 0.279 e. The third-order valence-corrected chi connectivity index (χ3v) is 2.43. The molecule has 1 aliphatic heterocycles. The second-order valence-electron chi connectivity index (χ2n) is 3.51. The van der Waals surface area contributed by atoms with Crippen LogP contribution in [-0.4, -0.2) is 22.8 Å². The number of amides is 2. The zero-order chi connectivity index (χ0) is 10.6. The van der Waals surface area contributed by atoms with Crippen LogP contribution in [0.2, 0.25) is 0 Å². The molecular weight excluding hydrogens is 178 g/mol. The maximum atomic E-state index is 11.4. The second kappa shape index (κ2) is 4.80. The fourth-order valence-corrected chi connectivity index (χ4v) is 1.79. The van der Waals surface area contributed by atoms with Crippen LogP contribution in [0.5, 0.6) is 0 Å². The first-order chi connectivity index (χ1) is 6.70. The van der Waals surface area contributed by atoms with Gasteiger partial charge in [0, 0.05) is 19.3 Å². The van der Waals surface area contributed by atoms with E-state index >= 15 is 0 Å². The summed E-state index contributed by atoms with van der Waals surface area (Å²) in [7, 11) is 0. The Morgan fingerprint density at radius 2 is 2.00 bits per heavy atom. The molecular formula is C11H15NO2. The molecule has 1 heterocycles. The summed E-state index contributed by atoms with van der Waals surface area (Å²) in [5.74, 6) is 2.39. The molecule has 1 rings (SSSR count). The quantitative estimate of drug-likeness (QED) is 0.499. The fourth-order valence-electron chi connectivity index (χ4n) is 1.79. The summed E-state index contributed by atoms with van der Waals surface area (Å²) in [5.41, 5.74) is 0. The highest BCUT2D eigenvalue weighted by Gasteiger charge is 2.33. The first-order valence-corrected chi connectivity index (χ1v) is 4.99. The molecule has 0 saturated carbocycles. The highest BCUT2D eigenvalue weighted by Crippen LogP contribution is 2.20. The van der Waals surface area contributed by atoms with E-state index in [1.807, 2.05) is 6.92 Å². The van der Waals surface area contributed by atoms with Crippen molar-refractivity contribution in [2.24, 2.45) is 0 Å². The Morgan fingerprint density at radius 1 is 1.43 bits per heavy atom. The lowest BCUT2D eigenvalue weighted by Crippen LogP contribution is -2.39. The molecule has 3 nitrogen and oxygen atoms in total. The highest BCUT2D eigenvalue weighted by atomic mass is 16.2. The van der Waals surface area contributed by atoms with Crippen molar-refractivity contribution in [3.05, 3.63) is 0 Å². The molecule has 1 saturated heterocycles. The van der Waals surface area contributed by atoms with Gasteiger partial charge in [-0.05, 0) is 6.42 Å². The van der Waals surface area contributed by atoms with Crippen LogP contribution in [0.1, 0.15) is 39.0 Å². The van der Waals surface area contributed by atoms with E-state index < -0.39 is 0 Å². The lowest BCUT2D eigenvalue weighted by molar-refractivity contribution is -0.141. The van der Waals surface area contributed by atoms with Crippen LogP contribution < -0.4 is 0 Å². The third-order valence-electron chi connectivity index (χ3n) is 2.43. The van der Waals surface area contributed by atoms with Crippen molar-refractivity contribution in [2.75, 3.05) is 0 Å². The van der Waals surface area contributed by atoms with Gasteiger partial charge in [-0.25, -0.2) is 0 Å². The normalized spacial score (nSPS) is 18.4. The van der Waals surface area contributed by atoms with E-state index in [0.29, 0.717) is 19.3 Å². The first-order valence-electron chi connectivity index (χ1n) is 4.99. The first kappa shape index (κ1) is 10.8. The third kappa shape index (κ3) is 2.14. The monoisotopic (exact) mass is 193 g/mol.